The van der Waals surface area contributed by atoms with Crippen molar-refractivity contribution in [1.82, 2.24) is 20.5 Å². The molecule has 0 unspecified atom stereocenters. The molecule has 0 atom stereocenters. The van der Waals surface area contributed by atoms with Gasteiger partial charge < -0.3 is 15.5 Å². The largest absolute Gasteiger partial charge is 0.338 e. The molecule has 2 aliphatic rings. The number of nitrogens with zero attached hydrogens (tertiary/aromatic N) is 2. The molecule has 5 heteroatoms. The quantitative estimate of drug-likeness (QED) is 0.737. The first-order valence-corrected chi connectivity index (χ1v) is 10.1. The second-order valence-electron chi connectivity index (χ2n) is 7.48. The number of rotatable bonds is 7. The van der Waals surface area contributed by atoms with Gasteiger partial charge in [-0.25, -0.2) is 4.79 Å². The molecule has 3 rings (SSSR count). The Bertz CT molecular complexity index is 579. The van der Waals surface area contributed by atoms with Gasteiger partial charge >= 0.3 is 6.03 Å². The summed E-state index contributed by atoms with van der Waals surface area (Å²) < 4.78 is 0. The number of amides is 2. The lowest BCUT2D eigenvalue weighted by molar-refractivity contribution is 0.194. The Hall–Kier alpha value is -1.88. The minimum atomic E-state index is -0.00311. The van der Waals surface area contributed by atoms with Gasteiger partial charge in [0.15, 0.2) is 0 Å². The Morgan fingerprint density at radius 2 is 1.96 bits per heavy atom. The molecule has 2 amide bonds. The first kappa shape index (κ1) is 18.9. The molecule has 26 heavy (non-hydrogen) atoms. The van der Waals surface area contributed by atoms with Crippen LogP contribution >= 0.6 is 0 Å². The molecule has 5 nitrogen and oxygen atoms in total. The molecule has 0 aromatic carbocycles. The van der Waals surface area contributed by atoms with Crippen molar-refractivity contribution in [3.63, 3.8) is 0 Å². The van der Waals surface area contributed by atoms with E-state index in [4.69, 9.17) is 0 Å². The summed E-state index contributed by atoms with van der Waals surface area (Å²) in [5.41, 5.74) is 2.85. The summed E-state index contributed by atoms with van der Waals surface area (Å²) in [5, 5.41) is 6.17. The molecule has 1 aliphatic carbocycles. The predicted molar refractivity (Wildman–Crippen MR) is 105 cm³/mol. The lowest BCUT2D eigenvalue weighted by atomic mass is 9.97. The Labute approximate surface area is 157 Å². The van der Waals surface area contributed by atoms with Gasteiger partial charge in [-0.1, -0.05) is 11.6 Å². The number of carbonyl (C=O) groups excluding carboxylic acids is 1. The molecule has 2 heterocycles. The van der Waals surface area contributed by atoms with E-state index in [0.29, 0.717) is 6.04 Å². The van der Waals surface area contributed by atoms with E-state index >= 15 is 0 Å². The van der Waals surface area contributed by atoms with E-state index in [9.17, 15) is 4.79 Å². The third-order valence-electron chi connectivity index (χ3n) is 5.51. The van der Waals surface area contributed by atoms with E-state index in [1.165, 1.54) is 36.8 Å². The molecular formula is C21H32N4O. The number of nitrogens with one attached hydrogen (secondary N) is 2. The van der Waals surface area contributed by atoms with Crippen LogP contribution in [-0.2, 0) is 6.42 Å². The molecule has 142 valence electrons. The number of hydrogen-bond donors (Lipinski definition) is 2. The number of hydrogen-bond acceptors (Lipinski definition) is 3. The number of aromatic nitrogens is 1. The number of urea groups is 1. The van der Waals surface area contributed by atoms with Crippen LogP contribution in [0, 0.1) is 0 Å². The zero-order valence-corrected chi connectivity index (χ0v) is 15.8. The van der Waals surface area contributed by atoms with Crippen molar-refractivity contribution in [2.75, 3.05) is 26.2 Å². The van der Waals surface area contributed by atoms with Crippen LogP contribution in [0.5, 0.6) is 0 Å². The molecule has 0 bridgehead atoms. The van der Waals surface area contributed by atoms with E-state index in [2.05, 4.69) is 38.7 Å². The van der Waals surface area contributed by atoms with Crippen molar-refractivity contribution in [2.45, 2.75) is 57.4 Å². The van der Waals surface area contributed by atoms with Crippen LogP contribution in [0.2, 0.25) is 0 Å². The Morgan fingerprint density at radius 1 is 1.15 bits per heavy atom. The second kappa shape index (κ2) is 10.3. The minimum absolute atomic E-state index is 0.00311. The highest BCUT2D eigenvalue weighted by Gasteiger charge is 2.20. The monoisotopic (exact) mass is 356 g/mol. The van der Waals surface area contributed by atoms with Gasteiger partial charge in [0.25, 0.3) is 0 Å². The first-order valence-electron chi connectivity index (χ1n) is 10.1. The van der Waals surface area contributed by atoms with Gasteiger partial charge in [-0.05, 0) is 69.1 Å². The van der Waals surface area contributed by atoms with E-state index in [1.807, 2.05) is 12.4 Å². The van der Waals surface area contributed by atoms with E-state index < -0.39 is 0 Å². The second-order valence-corrected chi connectivity index (χ2v) is 7.48. The molecule has 2 N–H and O–H groups in total. The maximum absolute atomic E-state index is 12.1. The molecule has 1 saturated heterocycles. The summed E-state index contributed by atoms with van der Waals surface area (Å²) >= 11 is 0. The number of likely N-dealkylation sites (tertiary alicyclic amines) is 1. The molecule has 1 aromatic rings. The maximum Gasteiger partial charge on any atom is 0.315 e. The normalized spacial score (nSPS) is 19.0. The van der Waals surface area contributed by atoms with E-state index in [-0.39, 0.29) is 6.03 Å². The summed E-state index contributed by atoms with van der Waals surface area (Å²) in [6.07, 6.45) is 15.2. The third kappa shape index (κ3) is 6.45. The van der Waals surface area contributed by atoms with Crippen molar-refractivity contribution < 1.29 is 4.79 Å². The standard InChI is InChI=1S/C21H32N4O/c26-21(23-14-8-18-4-2-1-3-5-18)24-20-10-16-25(17-11-20)15-9-19-6-12-22-13-7-19/h4,6-7,12-13,20H,1-3,5,8-11,14-17H2,(H2,23,24,26). The van der Waals surface area contributed by atoms with Crippen LogP contribution < -0.4 is 10.6 Å². The fraction of sp³-hybridized carbons (Fsp3) is 0.619. The summed E-state index contributed by atoms with van der Waals surface area (Å²) in [4.78, 5) is 18.6. The number of pyridine rings is 1. The van der Waals surface area contributed by atoms with Crippen LogP contribution in [0.3, 0.4) is 0 Å². The van der Waals surface area contributed by atoms with Gasteiger partial charge in [-0.2, -0.15) is 0 Å². The highest BCUT2D eigenvalue weighted by atomic mass is 16.2. The highest BCUT2D eigenvalue weighted by Crippen LogP contribution is 2.19. The molecule has 1 aromatic heterocycles. The van der Waals surface area contributed by atoms with Crippen molar-refractivity contribution >= 4 is 6.03 Å². The van der Waals surface area contributed by atoms with Crippen LogP contribution in [0.4, 0.5) is 4.79 Å². The fourth-order valence-corrected chi connectivity index (χ4v) is 3.84. The fourth-order valence-electron chi connectivity index (χ4n) is 3.84. The minimum Gasteiger partial charge on any atom is -0.338 e. The molecule has 0 spiro atoms. The number of allylic oxidation sites excluding steroid dienone is 1. The first-order chi connectivity index (χ1) is 12.8. The van der Waals surface area contributed by atoms with Crippen LogP contribution in [0.25, 0.3) is 0 Å². The number of piperidine rings is 1. The Balaban J connectivity index is 1.27. The van der Waals surface area contributed by atoms with Crippen LogP contribution in [-0.4, -0.2) is 48.1 Å². The van der Waals surface area contributed by atoms with Crippen molar-refractivity contribution in [2.24, 2.45) is 0 Å². The predicted octanol–water partition coefficient (Wildman–Crippen LogP) is 3.28. The zero-order chi connectivity index (χ0) is 18.0. The lowest BCUT2D eigenvalue weighted by Crippen LogP contribution is -2.48. The van der Waals surface area contributed by atoms with E-state index in [1.54, 1.807) is 0 Å². The summed E-state index contributed by atoms with van der Waals surface area (Å²) in [7, 11) is 0. The molecule has 0 saturated carbocycles. The molecule has 1 fully saturated rings. The van der Waals surface area contributed by atoms with Crippen LogP contribution in [0.1, 0.15) is 50.5 Å². The zero-order valence-electron chi connectivity index (χ0n) is 15.8. The van der Waals surface area contributed by atoms with E-state index in [0.717, 1.165) is 51.9 Å². The topological polar surface area (TPSA) is 57.3 Å². The summed E-state index contributed by atoms with van der Waals surface area (Å²) in [5.74, 6) is 0. The smallest absolute Gasteiger partial charge is 0.315 e. The van der Waals surface area contributed by atoms with Gasteiger partial charge in [0.1, 0.15) is 0 Å². The third-order valence-corrected chi connectivity index (χ3v) is 5.51. The maximum atomic E-state index is 12.1. The molecule has 1 aliphatic heterocycles. The van der Waals surface area contributed by atoms with Crippen molar-refractivity contribution in [3.8, 4) is 0 Å². The molecule has 0 radical (unpaired) electrons. The highest BCUT2D eigenvalue weighted by molar-refractivity contribution is 5.74. The van der Waals surface area contributed by atoms with Crippen LogP contribution in [0.15, 0.2) is 36.2 Å². The Kier molecular flexibility index (Phi) is 7.50. The Morgan fingerprint density at radius 3 is 2.69 bits per heavy atom. The van der Waals surface area contributed by atoms with Crippen molar-refractivity contribution in [3.05, 3.63) is 41.7 Å². The molecular weight excluding hydrogens is 324 g/mol. The van der Waals surface area contributed by atoms with Crippen molar-refractivity contribution in [1.29, 1.82) is 0 Å². The summed E-state index contributed by atoms with van der Waals surface area (Å²) in [6.45, 7) is 3.95. The number of carbonyl (C=O) groups is 1. The average Bonchev–Trinajstić information content (AvgIpc) is 2.69. The summed E-state index contributed by atoms with van der Waals surface area (Å²) in [6, 6.07) is 4.47. The lowest BCUT2D eigenvalue weighted by Gasteiger charge is -2.32. The van der Waals surface area contributed by atoms with Gasteiger partial charge in [0, 0.05) is 44.6 Å². The SMILES string of the molecule is O=C(NCCC1=CCCCC1)NC1CCN(CCc2ccncc2)CC1. The van der Waals surface area contributed by atoms with Gasteiger partial charge in [0.2, 0.25) is 0 Å². The van der Waals surface area contributed by atoms with Gasteiger partial charge in [-0.3, -0.25) is 4.98 Å². The average molecular weight is 357 g/mol. The van der Waals surface area contributed by atoms with Gasteiger partial charge in [-0.15, -0.1) is 0 Å². The van der Waals surface area contributed by atoms with Gasteiger partial charge in [0.05, 0.1) is 0 Å².